The number of hydrogen-bond acceptors (Lipinski definition) is 6. The number of benzene rings is 1. The first kappa shape index (κ1) is 19.4. The largest absolute Gasteiger partial charge is 0.356 e. The van der Waals surface area contributed by atoms with Crippen LogP contribution in [0.1, 0.15) is 12.0 Å². The summed E-state index contributed by atoms with van der Waals surface area (Å²) in [7, 11) is -2.52. The molecule has 4 atom stereocenters. The van der Waals surface area contributed by atoms with Crippen LogP contribution in [0, 0.1) is 6.92 Å². The molecule has 10 heteroatoms. The van der Waals surface area contributed by atoms with Gasteiger partial charge in [-0.05, 0) is 24.6 Å². The van der Waals surface area contributed by atoms with Gasteiger partial charge in [-0.3, -0.25) is 4.18 Å². The molecule has 0 amide bonds. The molecule has 0 unspecified atom stereocenters. The van der Waals surface area contributed by atoms with Gasteiger partial charge in [0, 0.05) is 22.9 Å². The summed E-state index contributed by atoms with van der Waals surface area (Å²) in [5.74, 6) is 0. The van der Waals surface area contributed by atoms with E-state index in [1.54, 1.807) is 12.1 Å². The fourth-order valence-corrected chi connectivity index (χ4v) is 4.23. The van der Waals surface area contributed by atoms with Crippen molar-refractivity contribution < 1.29 is 22.1 Å². The van der Waals surface area contributed by atoms with E-state index in [2.05, 4.69) is 32.6 Å². The molecule has 2 rings (SSSR count). The van der Waals surface area contributed by atoms with E-state index in [1.807, 2.05) is 6.92 Å². The molecule has 0 aliphatic carbocycles. The number of azide groups is 1. The second kappa shape index (κ2) is 8.45. The fraction of sp³-hybridized carbons (Fsp3) is 0.571. The molecule has 1 fully saturated rings. The molecule has 0 N–H and O–H groups in total. The second-order valence-electron chi connectivity index (χ2n) is 5.33. The Bertz CT molecular complexity index is 706. The van der Waals surface area contributed by atoms with Gasteiger partial charge in [-0.1, -0.05) is 45.4 Å². The van der Waals surface area contributed by atoms with E-state index in [-0.39, 0.29) is 11.3 Å². The molecule has 24 heavy (non-hydrogen) atoms. The highest BCUT2D eigenvalue weighted by molar-refractivity contribution is 14.1. The van der Waals surface area contributed by atoms with Gasteiger partial charge < -0.3 is 9.47 Å². The van der Waals surface area contributed by atoms with Crippen LogP contribution in [0.2, 0.25) is 0 Å². The highest BCUT2D eigenvalue weighted by Crippen LogP contribution is 2.30. The molecule has 0 spiro atoms. The van der Waals surface area contributed by atoms with Crippen LogP contribution in [0.5, 0.6) is 0 Å². The maximum absolute atomic E-state index is 12.5. The number of ether oxygens (including phenoxy) is 2. The Morgan fingerprint density at radius 1 is 1.42 bits per heavy atom. The lowest BCUT2D eigenvalue weighted by Gasteiger charge is -2.38. The third-order valence-corrected chi connectivity index (χ3v) is 5.86. The zero-order chi connectivity index (χ0) is 17.7. The van der Waals surface area contributed by atoms with Crippen molar-refractivity contribution in [3.63, 3.8) is 0 Å². The molecule has 1 aromatic carbocycles. The number of rotatable bonds is 6. The minimum absolute atomic E-state index is 0.0499. The number of hydrogen-bond donors (Lipinski definition) is 0. The molecule has 0 bridgehead atoms. The minimum Gasteiger partial charge on any atom is -0.356 e. The number of aryl methyl sites for hydroxylation is 1. The molecular weight excluding hydrogens is 449 g/mol. The predicted molar refractivity (Wildman–Crippen MR) is 95.3 cm³/mol. The molecule has 1 aliphatic rings. The van der Waals surface area contributed by atoms with Gasteiger partial charge in [0.25, 0.3) is 10.1 Å². The number of nitrogens with zero attached hydrogens (tertiary/aromatic N) is 3. The van der Waals surface area contributed by atoms with Gasteiger partial charge in [0.15, 0.2) is 6.29 Å². The molecule has 1 aromatic rings. The monoisotopic (exact) mass is 467 g/mol. The number of halogens is 1. The van der Waals surface area contributed by atoms with E-state index in [9.17, 15) is 8.42 Å². The first-order valence-corrected chi connectivity index (χ1v) is 10.1. The molecule has 0 aromatic heterocycles. The number of alkyl halides is 1. The molecule has 1 saturated heterocycles. The molecule has 1 aliphatic heterocycles. The summed E-state index contributed by atoms with van der Waals surface area (Å²) >= 11 is 2.07. The van der Waals surface area contributed by atoms with Crippen molar-refractivity contribution in [1.82, 2.24) is 0 Å². The van der Waals surface area contributed by atoms with E-state index in [4.69, 9.17) is 19.2 Å². The second-order valence-corrected chi connectivity index (χ2v) is 7.78. The summed E-state index contributed by atoms with van der Waals surface area (Å²) in [4.78, 5) is 2.85. The normalized spacial score (nSPS) is 27.5. The van der Waals surface area contributed by atoms with E-state index in [1.165, 1.54) is 19.2 Å². The van der Waals surface area contributed by atoms with Crippen molar-refractivity contribution in [2.45, 2.75) is 42.8 Å². The molecule has 0 saturated carbocycles. The summed E-state index contributed by atoms with van der Waals surface area (Å²) in [5, 5.41) is 3.68. The highest BCUT2D eigenvalue weighted by atomic mass is 127. The van der Waals surface area contributed by atoms with Gasteiger partial charge in [0.2, 0.25) is 0 Å². The van der Waals surface area contributed by atoms with Crippen LogP contribution in [-0.2, 0) is 23.8 Å². The van der Waals surface area contributed by atoms with Gasteiger partial charge in [-0.15, -0.1) is 0 Å². The summed E-state index contributed by atoms with van der Waals surface area (Å²) in [6.45, 7) is 1.86. The predicted octanol–water partition coefficient (Wildman–Crippen LogP) is 2.94. The van der Waals surface area contributed by atoms with Gasteiger partial charge in [0.1, 0.15) is 6.10 Å². The van der Waals surface area contributed by atoms with Gasteiger partial charge in [-0.2, -0.15) is 8.42 Å². The molecule has 0 radical (unpaired) electrons. The van der Waals surface area contributed by atoms with Crippen LogP contribution in [0.3, 0.4) is 0 Å². The summed E-state index contributed by atoms with van der Waals surface area (Å²) in [6, 6.07) is 5.64. The minimum atomic E-state index is -4.00. The van der Waals surface area contributed by atoms with Crippen molar-refractivity contribution in [2.75, 3.05) is 11.5 Å². The molecule has 1 heterocycles. The van der Waals surface area contributed by atoms with Crippen LogP contribution < -0.4 is 0 Å². The third kappa shape index (κ3) is 4.58. The lowest BCUT2D eigenvalue weighted by molar-refractivity contribution is -0.204. The van der Waals surface area contributed by atoms with Crippen molar-refractivity contribution >= 4 is 32.7 Å². The van der Waals surface area contributed by atoms with E-state index in [0.29, 0.717) is 4.43 Å². The third-order valence-electron chi connectivity index (χ3n) is 3.67. The fourth-order valence-electron chi connectivity index (χ4n) is 2.40. The maximum Gasteiger partial charge on any atom is 0.297 e. The Hall–Kier alpha value is -0.910. The van der Waals surface area contributed by atoms with E-state index >= 15 is 0 Å². The molecule has 132 valence electrons. The summed E-state index contributed by atoms with van der Waals surface area (Å²) in [6.07, 6.45) is -1.82. The van der Waals surface area contributed by atoms with E-state index in [0.717, 1.165) is 5.56 Å². The molecule has 8 nitrogen and oxygen atoms in total. The van der Waals surface area contributed by atoms with Gasteiger partial charge in [0.05, 0.1) is 17.0 Å². The van der Waals surface area contributed by atoms with Crippen molar-refractivity contribution in [3.05, 3.63) is 40.3 Å². The average molecular weight is 467 g/mol. The highest BCUT2D eigenvalue weighted by Gasteiger charge is 2.41. The summed E-state index contributed by atoms with van der Waals surface area (Å²) in [5.41, 5.74) is 9.71. The standard InChI is InChI=1S/C14H18IN3O5S/c1-9-3-5-10(6-4-9)24(19,20)23-14-11(17-18-16)7-13(21-2)22-12(14)8-15/h3-6,11-14H,7-8H2,1-2H3/t11-,12+,13-,14+/m0/s1. The topological polar surface area (TPSA) is 111 Å². The van der Waals surface area contributed by atoms with Gasteiger partial charge in [-0.25, -0.2) is 0 Å². The Morgan fingerprint density at radius 2 is 2.08 bits per heavy atom. The zero-order valence-corrected chi connectivity index (χ0v) is 16.2. The van der Waals surface area contributed by atoms with Crippen LogP contribution in [-0.4, -0.2) is 44.5 Å². The van der Waals surface area contributed by atoms with Crippen molar-refractivity contribution in [2.24, 2.45) is 5.11 Å². The van der Waals surface area contributed by atoms with Crippen LogP contribution in [0.4, 0.5) is 0 Å². The lowest BCUT2D eigenvalue weighted by atomic mass is 10.0. The first-order chi connectivity index (χ1) is 11.4. The molecular formula is C14H18IN3O5S. The SMILES string of the molecule is CO[C@@H]1C[C@H](N=[N+]=[N-])[C@@H](OS(=O)(=O)c2ccc(C)cc2)[C@@H](CI)O1. The average Bonchev–Trinajstić information content (AvgIpc) is 2.56. The smallest absolute Gasteiger partial charge is 0.297 e. The van der Waals surface area contributed by atoms with Crippen molar-refractivity contribution in [1.29, 1.82) is 0 Å². The Balaban J connectivity index is 2.29. The number of methoxy groups -OCH3 is 1. The van der Waals surface area contributed by atoms with Crippen LogP contribution >= 0.6 is 22.6 Å². The summed E-state index contributed by atoms with van der Waals surface area (Å²) < 4.78 is 41.7. The van der Waals surface area contributed by atoms with Crippen molar-refractivity contribution in [3.8, 4) is 0 Å². The van der Waals surface area contributed by atoms with E-state index < -0.39 is 34.7 Å². The first-order valence-electron chi connectivity index (χ1n) is 7.19. The van der Waals surface area contributed by atoms with Crippen LogP contribution in [0.25, 0.3) is 10.4 Å². The zero-order valence-electron chi connectivity index (χ0n) is 13.2. The maximum atomic E-state index is 12.5. The van der Waals surface area contributed by atoms with Gasteiger partial charge >= 0.3 is 0 Å². The van der Waals surface area contributed by atoms with Crippen LogP contribution in [0.15, 0.2) is 34.3 Å². The Labute approximate surface area is 154 Å². The Kier molecular flexibility index (Phi) is 6.84. The Morgan fingerprint density at radius 3 is 2.62 bits per heavy atom. The lowest BCUT2D eigenvalue weighted by Crippen LogP contribution is -2.50. The quantitative estimate of drug-likeness (QED) is 0.160.